The normalized spacial score (nSPS) is 27.6. The second-order valence-corrected chi connectivity index (χ2v) is 9.50. The molecular formula is C22H34F6N2O6. The number of ether oxygens (including phenoxy) is 2. The third kappa shape index (κ3) is 10.0. The third-order valence-corrected chi connectivity index (χ3v) is 6.78. The molecule has 210 valence electrons. The molecule has 0 radical (unpaired) electrons. The molecule has 0 amide bonds. The fourth-order valence-corrected chi connectivity index (χ4v) is 4.74. The molecule has 0 bridgehead atoms. The summed E-state index contributed by atoms with van der Waals surface area (Å²) in [5.41, 5.74) is 0.117. The van der Waals surface area contributed by atoms with Crippen LogP contribution in [0.15, 0.2) is 0 Å². The topological polar surface area (TPSA) is 99.5 Å². The van der Waals surface area contributed by atoms with Gasteiger partial charge in [0.2, 0.25) is 0 Å². The summed E-state index contributed by atoms with van der Waals surface area (Å²) in [5, 5.41) is 14.2. The van der Waals surface area contributed by atoms with Gasteiger partial charge in [-0.3, -0.25) is 4.90 Å². The quantitative estimate of drug-likeness (QED) is 0.515. The molecule has 4 rings (SSSR count). The molecule has 2 atom stereocenters. The van der Waals surface area contributed by atoms with Crippen LogP contribution in [0.1, 0.15) is 51.4 Å². The Bertz CT molecular complexity index is 688. The van der Waals surface area contributed by atoms with E-state index in [2.05, 4.69) is 9.80 Å². The molecule has 1 saturated carbocycles. The van der Waals surface area contributed by atoms with Crippen LogP contribution in [0, 0.1) is 0 Å². The molecule has 1 aliphatic carbocycles. The number of carboxylic acid groups (broad SMARTS) is 2. The van der Waals surface area contributed by atoms with Crippen LogP contribution in [-0.4, -0.2) is 108 Å². The van der Waals surface area contributed by atoms with E-state index < -0.39 is 24.3 Å². The standard InChI is InChI=1S/C18H32N2O2.2C2HF3O2/c1-2-9-19(8-1)11-12-21-17-13-18(22-14-17)7-4-10-20(15-18)16-5-3-6-16;2*3-2(4,5)1(6)7/h16-17H,1-15H2;2*(H,6,7)/t17-,18+;;/m1../s1. The first-order valence-electron chi connectivity index (χ1n) is 12.0. The van der Waals surface area contributed by atoms with Gasteiger partial charge in [-0.05, 0) is 58.2 Å². The number of aliphatic carboxylic acids is 2. The highest BCUT2D eigenvalue weighted by Crippen LogP contribution is 2.38. The lowest BCUT2D eigenvalue weighted by molar-refractivity contribution is -0.193. The number of likely N-dealkylation sites (tertiary alicyclic amines) is 2. The van der Waals surface area contributed by atoms with E-state index >= 15 is 0 Å². The summed E-state index contributed by atoms with van der Waals surface area (Å²) >= 11 is 0. The second-order valence-electron chi connectivity index (χ2n) is 9.50. The van der Waals surface area contributed by atoms with E-state index in [1.54, 1.807) is 0 Å². The van der Waals surface area contributed by atoms with Gasteiger partial charge in [-0.2, -0.15) is 26.3 Å². The van der Waals surface area contributed by atoms with Crippen molar-refractivity contribution in [2.45, 2.75) is 81.5 Å². The monoisotopic (exact) mass is 536 g/mol. The van der Waals surface area contributed by atoms with Crippen molar-refractivity contribution < 1.29 is 55.6 Å². The maximum atomic E-state index is 10.6. The predicted octanol–water partition coefficient (Wildman–Crippen LogP) is 3.54. The number of hydrogen-bond donors (Lipinski definition) is 2. The number of halogens is 6. The van der Waals surface area contributed by atoms with E-state index in [0.29, 0.717) is 6.10 Å². The minimum absolute atomic E-state index is 0.117. The predicted molar refractivity (Wildman–Crippen MR) is 115 cm³/mol. The summed E-state index contributed by atoms with van der Waals surface area (Å²) < 4.78 is 75.9. The van der Waals surface area contributed by atoms with Gasteiger partial charge in [-0.1, -0.05) is 6.42 Å². The van der Waals surface area contributed by atoms with Crippen molar-refractivity contribution in [1.82, 2.24) is 9.80 Å². The van der Waals surface area contributed by atoms with Gasteiger partial charge in [0.05, 0.1) is 24.9 Å². The Kier molecular flexibility index (Phi) is 11.3. The molecule has 0 aromatic carbocycles. The third-order valence-electron chi connectivity index (χ3n) is 6.78. The summed E-state index contributed by atoms with van der Waals surface area (Å²) in [6.45, 7) is 7.79. The van der Waals surface area contributed by atoms with Crippen LogP contribution in [0.25, 0.3) is 0 Å². The minimum atomic E-state index is -5.08. The van der Waals surface area contributed by atoms with E-state index in [9.17, 15) is 26.3 Å². The van der Waals surface area contributed by atoms with E-state index in [4.69, 9.17) is 29.3 Å². The van der Waals surface area contributed by atoms with Gasteiger partial charge < -0.3 is 24.6 Å². The number of rotatable bonds is 5. The van der Waals surface area contributed by atoms with Crippen molar-refractivity contribution in [3.63, 3.8) is 0 Å². The SMILES string of the molecule is C1CC(N2CCC[C@]3(C[C@@H](OCCN4CCCC4)CO3)C2)C1.O=C(O)C(F)(F)F.O=C(O)C(F)(F)F. The van der Waals surface area contributed by atoms with Gasteiger partial charge in [-0.15, -0.1) is 0 Å². The average molecular weight is 537 g/mol. The van der Waals surface area contributed by atoms with Gasteiger partial charge in [-0.25, -0.2) is 9.59 Å². The zero-order valence-corrected chi connectivity index (χ0v) is 20.0. The number of carboxylic acids is 2. The molecule has 0 unspecified atom stereocenters. The summed E-state index contributed by atoms with van der Waals surface area (Å²) in [6, 6.07) is 0.857. The smallest absolute Gasteiger partial charge is 0.475 e. The van der Waals surface area contributed by atoms with Crippen LogP contribution >= 0.6 is 0 Å². The van der Waals surface area contributed by atoms with E-state index in [1.165, 1.54) is 64.6 Å². The average Bonchev–Trinajstić information content (AvgIpc) is 3.37. The molecule has 8 nitrogen and oxygen atoms in total. The molecular weight excluding hydrogens is 502 g/mol. The summed E-state index contributed by atoms with van der Waals surface area (Å²) in [4.78, 5) is 23.0. The molecule has 1 spiro atoms. The highest BCUT2D eigenvalue weighted by atomic mass is 19.4. The second kappa shape index (κ2) is 13.2. The van der Waals surface area contributed by atoms with Crippen LogP contribution in [-0.2, 0) is 19.1 Å². The number of alkyl halides is 6. The molecule has 3 aliphatic heterocycles. The van der Waals surface area contributed by atoms with Crippen molar-refractivity contribution in [3.8, 4) is 0 Å². The van der Waals surface area contributed by atoms with Crippen molar-refractivity contribution in [2.75, 3.05) is 45.9 Å². The first-order valence-corrected chi connectivity index (χ1v) is 12.0. The van der Waals surface area contributed by atoms with Crippen molar-refractivity contribution in [3.05, 3.63) is 0 Å². The lowest BCUT2D eigenvalue weighted by Crippen LogP contribution is -2.53. The Labute approximate surface area is 205 Å². The highest BCUT2D eigenvalue weighted by molar-refractivity contribution is 5.73. The molecule has 0 aromatic rings. The van der Waals surface area contributed by atoms with Crippen LogP contribution in [0.2, 0.25) is 0 Å². The maximum absolute atomic E-state index is 10.6. The van der Waals surface area contributed by atoms with Crippen LogP contribution in [0.3, 0.4) is 0 Å². The number of carbonyl (C=O) groups is 2. The fourth-order valence-electron chi connectivity index (χ4n) is 4.74. The van der Waals surface area contributed by atoms with Crippen LogP contribution in [0.4, 0.5) is 26.3 Å². The summed E-state index contributed by atoms with van der Waals surface area (Å²) in [6.07, 6.45) is 0.813. The van der Waals surface area contributed by atoms with Crippen molar-refractivity contribution in [1.29, 1.82) is 0 Å². The number of nitrogens with zero attached hydrogens (tertiary/aromatic N) is 2. The largest absolute Gasteiger partial charge is 0.490 e. The molecule has 36 heavy (non-hydrogen) atoms. The van der Waals surface area contributed by atoms with Gasteiger partial charge in [0.25, 0.3) is 0 Å². The fraction of sp³-hybridized carbons (Fsp3) is 0.909. The first kappa shape index (κ1) is 30.6. The molecule has 3 heterocycles. The summed E-state index contributed by atoms with van der Waals surface area (Å²) in [7, 11) is 0. The van der Waals surface area contributed by atoms with Gasteiger partial charge in [0.1, 0.15) is 0 Å². The highest BCUT2D eigenvalue weighted by Gasteiger charge is 2.45. The molecule has 4 fully saturated rings. The first-order chi connectivity index (χ1) is 16.7. The Morgan fingerprint density at radius 2 is 1.47 bits per heavy atom. The number of piperidine rings is 1. The zero-order valence-electron chi connectivity index (χ0n) is 20.0. The molecule has 3 saturated heterocycles. The Morgan fingerprint density at radius 1 is 0.917 bits per heavy atom. The van der Waals surface area contributed by atoms with Crippen LogP contribution < -0.4 is 0 Å². The van der Waals surface area contributed by atoms with Gasteiger partial charge >= 0.3 is 24.3 Å². The number of hydrogen-bond acceptors (Lipinski definition) is 6. The van der Waals surface area contributed by atoms with Gasteiger partial charge in [0, 0.05) is 25.6 Å². The minimum Gasteiger partial charge on any atom is -0.475 e. The summed E-state index contributed by atoms with van der Waals surface area (Å²) in [5.74, 6) is -5.51. The zero-order chi connectivity index (χ0) is 27.0. The Morgan fingerprint density at radius 3 is 1.94 bits per heavy atom. The van der Waals surface area contributed by atoms with Crippen molar-refractivity contribution in [2.24, 2.45) is 0 Å². The molecule has 4 aliphatic rings. The maximum Gasteiger partial charge on any atom is 0.490 e. The van der Waals surface area contributed by atoms with Crippen LogP contribution in [0.5, 0.6) is 0 Å². The Hall–Kier alpha value is -1.64. The molecule has 14 heteroatoms. The Balaban J connectivity index is 0.000000271. The molecule has 2 N–H and O–H groups in total. The van der Waals surface area contributed by atoms with Crippen molar-refractivity contribution >= 4 is 11.9 Å². The van der Waals surface area contributed by atoms with E-state index in [-0.39, 0.29) is 5.60 Å². The lowest BCUT2D eigenvalue weighted by Gasteiger charge is -2.46. The molecule has 0 aromatic heterocycles. The van der Waals surface area contributed by atoms with Gasteiger partial charge in [0.15, 0.2) is 0 Å². The van der Waals surface area contributed by atoms with E-state index in [0.717, 1.165) is 38.8 Å². The lowest BCUT2D eigenvalue weighted by atomic mass is 9.84. The van der Waals surface area contributed by atoms with E-state index in [1.807, 2.05) is 0 Å².